The number of anilines is 1. The van der Waals surface area contributed by atoms with Crippen LogP contribution >= 0.6 is 11.6 Å². The van der Waals surface area contributed by atoms with Gasteiger partial charge in [-0.25, -0.2) is 17.2 Å². The fourth-order valence-electron chi connectivity index (χ4n) is 3.15. The predicted octanol–water partition coefficient (Wildman–Crippen LogP) is 3.67. The molecule has 3 rings (SSSR count). The lowest BCUT2D eigenvalue weighted by Gasteiger charge is -2.31. The zero-order valence-electron chi connectivity index (χ0n) is 15.5. The van der Waals surface area contributed by atoms with Crippen LogP contribution in [0.2, 0.25) is 5.02 Å². The van der Waals surface area contributed by atoms with E-state index >= 15 is 0 Å². The van der Waals surface area contributed by atoms with Crippen LogP contribution in [0, 0.1) is 17.6 Å². The van der Waals surface area contributed by atoms with E-state index in [9.17, 15) is 22.0 Å². The van der Waals surface area contributed by atoms with Crippen LogP contribution in [0.15, 0.2) is 41.3 Å². The Kier molecular flexibility index (Phi) is 6.40. The molecule has 1 amide bonds. The summed E-state index contributed by atoms with van der Waals surface area (Å²) in [5.41, 5.74) is 0.107. The van der Waals surface area contributed by atoms with Gasteiger partial charge in [-0.15, -0.1) is 0 Å². The lowest BCUT2D eigenvalue weighted by Crippen LogP contribution is -2.43. The van der Waals surface area contributed by atoms with E-state index in [1.165, 1.54) is 35.7 Å². The van der Waals surface area contributed by atoms with Crippen LogP contribution in [-0.4, -0.2) is 38.8 Å². The van der Waals surface area contributed by atoms with Crippen molar-refractivity contribution >= 4 is 33.2 Å². The Morgan fingerprint density at radius 2 is 1.97 bits per heavy atom. The fourth-order valence-corrected chi connectivity index (χ4v) is 5.02. The lowest BCUT2D eigenvalue weighted by molar-refractivity contribution is -0.120. The van der Waals surface area contributed by atoms with Crippen molar-refractivity contribution in [1.82, 2.24) is 4.31 Å². The highest BCUT2D eigenvalue weighted by molar-refractivity contribution is 7.89. The molecular formula is C19H19ClF2N2O4S. The van der Waals surface area contributed by atoms with Gasteiger partial charge in [0.1, 0.15) is 5.75 Å². The predicted molar refractivity (Wildman–Crippen MR) is 104 cm³/mol. The third-order valence-corrected chi connectivity index (χ3v) is 6.86. The molecule has 2 aromatic rings. The number of piperidine rings is 1. The number of hydrogen-bond acceptors (Lipinski definition) is 4. The Labute approximate surface area is 172 Å². The summed E-state index contributed by atoms with van der Waals surface area (Å²) in [5.74, 6) is -2.82. The smallest absolute Gasteiger partial charge is 0.243 e. The minimum Gasteiger partial charge on any atom is -0.495 e. The van der Waals surface area contributed by atoms with Gasteiger partial charge in [0, 0.05) is 24.8 Å². The first-order valence-electron chi connectivity index (χ1n) is 8.82. The van der Waals surface area contributed by atoms with Gasteiger partial charge < -0.3 is 10.1 Å². The third kappa shape index (κ3) is 4.68. The first kappa shape index (κ1) is 21.5. The fraction of sp³-hybridized carbons (Fsp3) is 0.316. The summed E-state index contributed by atoms with van der Waals surface area (Å²) in [5, 5.41) is 2.68. The molecule has 0 radical (unpaired) electrons. The second kappa shape index (κ2) is 8.64. The monoisotopic (exact) mass is 444 g/mol. The lowest BCUT2D eigenvalue weighted by atomic mass is 9.98. The van der Waals surface area contributed by atoms with Crippen LogP contribution in [0.4, 0.5) is 14.5 Å². The van der Waals surface area contributed by atoms with Crippen molar-refractivity contribution in [2.45, 2.75) is 17.7 Å². The number of sulfonamides is 1. The quantitative estimate of drug-likeness (QED) is 0.763. The van der Waals surface area contributed by atoms with Gasteiger partial charge in [-0.1, -0.05) is 11.6 Å². The Morgan fingerprint density at radius 3 is 2.62 bits per heavy atom. The van der Waals surface area contributed by atoms with Crippen molar-refractivity contribution in [3.8, 4) is 5.75 Å². The van der Waals surface area contributed by atoms with E-state index in [-0.39, 0.29) is 28.7 Å². The van der Waals surface area contributed by atoms with Gasteiger partial charge in [-0.3, -0.25) is 4.79 Å². The number of carbonyl (C=O) groups excluding carboxylic acids is 1. The van der Waals surface area contributed by atoms with Crippen molar-refractivity contribution in [1.29, 1.82) is 0 Å². The Balaban J connectivity index is 1.74. The van der Waals surface area contributed by atoms with Gasteiger partial charge in [0.15, 0.2) is 11.6 Å². The molecule has 6 nitrogen and oxygen atoms in total. The highest BCUT2D eigenvalue weighted by Gasteiger charge is 2.33. The number of halogens is 3. The summed E-state index contributed by atoms with van der Waals surface area (Å²) in [6.07, 6.45) is 0.962. The maximum absolute atomic E-state index is 13.3. The minimum absolute atomic E-state index is 0.00460. The molecule has 1 aliphatic rings. The SMILES string of the molecule is COc1ccc(S(=O)(=O)N2CCC[C@H](C(=O)Nc3ccc(F)c(F)c3)C2)cc1Cl. The zero-order valence-corrected chi connectivity index (χ0v) is 17.1. The molecule has 1 aliphatic heterocycles. The van der Waals surface area contributed by atoms with Crippen molar-refractivity contribution in [3.63, 3.8) is 0 Å². The Morgan fingerprint density at radius 1 is 1.21 bits per heavy atom. The van der Waals surface area contributed by atoms with Crippen molar-refractivity contribution in [3.05, 3.63) is 53.1 Å². The molecule has 1 heterocycles. The molecule has 0 spiro atoms. The summed E-state index contributed by atoms with van der Waals surface area (Å²) < 4.78 is 58.5. The molecular weight excluding hydrogens is 426 g/mol. The summed E-state index contributed by atoms with van der Waals surface area (Å²) in [7, 11) is -2.43. The van der Waals surface area contributed by atoms with Crippen LogP contribution in [0.3, 0.4) is 0 Å². The van der Waals surface area contributed by atoms with E-state index in [1.54, 1.807) is 0 Å². The number of amides is 1. The van der Waals surface area contributed by atoms with Gasteiger partial charge in [-0.05, 0) is 43.2 Å². The molecule has 29 heavy (non-hydrogen) atoms. The van der Waals surface area contributed by atoms with Crippen molar-refractivity contribution in [2.75, 3.05) is 25.5 Å². The third-order valence-electron chi connectivity index (χ3n) is 4.70. The van der Waals surface area contributed by atoms with Crippen LogP contribution in [0.5, 0.6) is 5.75 Å². The molecule has 1 saturated heterocycles. The van der Waals surface area contributed by atoms with E-state index < -0.39 is 33.5 Å². The maximum atomic E-state index is 13.3. The van der Waals surface area contributed by atoms with Gasteiger partial charge in [0.05, 0.1) is 22.9 Å². The number of nitrogens with one attached hydrogen (secondary N) is 1. The highest BCUT2D eigenvalue weighted by Crippen LogP contribution is 2.30. The minimum atomic E-state index is -3.86. The van der Waals surface area contributed by atoms with Gasteiger partial charge >= 0.3 is 0 Å². The van der Waals surface area contributed by atoms with E-state index in [0.29, 0.717) is 18.6 Å². The largest absolute Gasteiger partial charge is 0.495 e. The Bertz CT molecular complexity index is 1030. The van der Waals surface area contributed by atoms with Crippen LogP contribution in [-0.2, 0) is 14.8 Å². The van der Waals surface area contributed by atoms with E-state index in [2.05, 4.69) is 5.32 Å². The van der Waals surface area contributed by atoms with E-state index in [1.807, 2.05) is 0 Å². The summed E-state index contributed by atoms with van der Waals surface area (Å²) >= 11 is 6.04. The number of carbonyl (C=O) groups is 1. The van der Waals surface area contributed by atoms with Crippen LogP contribution in [0.25, 0.3) is 0 Å². The molecule has 0 unspecified atom stereocenters. The molecule has 10 heteroatoms. The van der Waals surface area contributed by atoms with Gasteiger partial charge in [-0.2, -0.15) is 4.31 Å². The van der Waals surface area contributed by atoms with Crippen molar-refractivity contribution < 1.29 is 26.7 Å². The average Bonchev–Trinajstić information content (AvgIpc) is 2.70. The maximum Gasteiger partial charge on any atom is 0.243 e. The molecule has 0 saturated carbocycles. The number of hydrogen-bond donors (Lipinski definition) is 1. The molecule has 1 fully saturated rings. The topological polar surface area (TPSA) is 75.7 Å². The van der Waals surface area contributed by atoms with Gasteiger partial charge in [0.25, 0.3) is 0 Å². The molecule has 0 bridgehead atoms. The van der Waals surface area contributed by atoms with E-state index in [4.69, 9.17) is 16.3 Å². The standard InChI is InChI=1S/C19H19ClF2N2O4S/c1-28-18-7-5-14(10-15(18)20)29(26,27)24-8-2-3-12(11-24)19(25)23-13-4-6-16(21)17(22)9-13/h4-7,9-10,12H,2-3,8,11H2,1H3,(H,23,25)/t12-/m0/s1. The summed E-state index contributed by atoms with van der Waals surface area (Å²) in [4.78, 5) is 12.5. The Hall–Kier alpha value is -2.23. The van der Waals surface area contributed by atoms with Crippen LogP contribution in [0.1, 0.15) is 12.8 Å². The molecule has 156 valence electrons. The average molecular weight is 445 g/mol. The normalized spacial score (nSPS) is 17.7. The highest BCUT2D eigenvalue weighted by atomic mass is 35.5. The number of nitrogens with zero attached hydrogens (tertiary/aromatic N) is 1. The number of benzene rings is 2. The number of rotatable bonds is 5. The molecule has 0 aliphatic carbocycles. The van der Waals surface area contributed by atoms with Crippen molar-refractivity contribution in [2.24, 2.45) is 5.92 Å². The second-order valence-electron chi connectivity index (χ2n) is 6.62. The molecule has 2 aromatic carbocycles. The zero-order chi connectivity index (χ0) is 21.2. The van der Waals surface area contributed by atoms with E-state index in [0.717, 1.165) is 12.1 Å². The number of methoxy groups -OCH3 is 1. The summed E-state index contributed by atoms with van der Waals surface area (Å²) in [6.45, 7) is 0.239. The first-order chi connectivity index (χ1) is 13.7. The molecule has 1 atom stereocenters. The summed E-state index contributed by atoms with van der Waals surface area (Å²) in [6, 6.07) is 7.20. The second-order valence-corrected chi connectivity index (χ2v) is 8.96. The molecule has 0 aromatic heterocycles. The first-order valence-corrected chi connectivity index (χ1v) is 10.6. The van der Waals surface area contributed by atoms with Gasteiger partial charge in [0.2, 0.25) is 15.9 Å². The molecule has 1 N–H and O–H groups in total. The number of ether oxygens (including phenoxy) is 1. The van der Waals surface area contributed by atoms with Crippen LogP contribution < -0.4 is 10.1 Å².